The first-order valence-electron chi connectivity index (χ1n) is 4.99. The van der Waals surface area contributed by atoms with Gasteiger partial charge in [0.2, 0.25) is 0 Å². The van der Waals surface area contributed by atoms with E-state index in [0.29, 0.717) is 6.42 Å². The van der Waals surface area contributed by atoms with Crippen LogP contribution in [0, 0.1) is 17.8 Å². The lowest BCUT2D eigenvalue weighted by Gasteiger charge is -2.16. The Balaban J connectivity index is 4.51. The fourth-order valence-corrected chi connectivity index (χ4v) is 1.35. The van der Waals surface area contributed by atoms with Gasteiger partial charge < -0.3 is 0 Å². The molecule has 2 heteroatoms. The second-order valence-electron chi connectivity index (χ2n) is 4.07. The van der Waals surface area contributed by atoms with Crippen molar-refractivity contribution in [2.45, 2.75) is 41.0 Å². The molecule has 0 N–H and O–H groups in total. The smallest absolute Gasteiger partial charge is 0.145 e. The van der Waals surface area contributed by atoms with E-state index < -0.39 is 0 Å². The lowest BCUT2D eigenvalue weighted by atomic mass is 9.85. The maximum atomic E-state index is 11.6. The van der Waals surface area contributed by atoms with Gasteiger partial charge in [0.1, 0.15) is 11.6 Å². The summed E-state index contributed by atoms with van der Waals surface area (Å²) in [5.74, 6) is -0.275. The predicted molar refractivity (Wildman–Crippen MR) is 53.5 cm³/mol. The lowest BCUT2D eigenvalue weighted by molar-refractivity contribution is -0.136. The fraction of sp³-hybridized carbons (Fsp3) is 0.818. The molecule has 0 fully saturated rings. The van der Waals surface area contributed by atoms with Crippen LogP contribution >= 0.6 is 0 Å². The van der Waals surface area contributed by atoms with Crippen molar-refractivity contribution in [3.05, 3.63) is 0 Å². The van der Waals surface area contributed by atoms with Crippen LogP contribution in [0.5, 0.6) is 0 Å². The molecule has 2 nitrogen and oxygen atoms in total. The molecule has 0 heterocycles. The van der Waals surface area contributed by atoms with Crippen molar-refractivity contribution >= 4 is 11.6 Å². The van der Waals surface area contributed by atoms with Gasteiger partial charge in [0.05, 0.1) is 5.92 Å². The van der Waals surface area contributed by atoms with Gasteiger partial charge in [-0.15, -0.1) is 0 Å². The van der Waals surface area contributed by atoms with E-state index in [0.717, 1.165) is 0 Å². The van der Waals surface area contributed by atoms with Gasteiger partial charge >= 0.3 is 0 Å². The third-order valence-electron chi connectivity index (χ3n) is 2.23. The molecule has 0 aromatic rings. The first kappa shape index (κ1) is 12.3. The summed E-state index contributed by atoms with van der Waals surface area (Å²) >= 11 is 0. The Morgan fingerprint density at radius 1 is 0.923 bits per heavy atom. The Hall–Kier alpha value is -0.660. The molecule has 0 aliphatic rings. The summed E-state index contributed by atoms with van der Waals surface area (Å²) in [6.07, 6.45) is 0.633. The molecule has 13 heavy (non-hydrogen) atoms. The summed E-state index contributed by atoms with van der Waals surface area (Å²) < 4.78 is 0. The van der Waals surface area contributed by atoms with Crippen molar-refractivity contribution in [1.82, 2.24) is 0 Å². The largest absolute Gasteiger partial charge is 0.299 e. The molecule has 0 saturated carbocycles. The zero-order valence-corrected chi connectivity index (χ0v) is 9.26. The molecule has 0 unspecified atom stereocenters. The summed E-state index contributed by atoms with van der Waals surface area (Å²) in [5, 5.41) is 0. The minimum absolute atomic E-state index is 0.0346. The second-order valence-corrected chi connectivity index (χ2v) is 4.07. The van der Waals surface area contributed by atoms with Gasteiger partial charge in [-0.3, -0.25) is 9.59 Å². The van der Waals surface area contributed by atoms with Gasteiger partial charge in [-0.25, -0.2) is 0 Å². The Labute approximate surface area is 80.7 Å². The van der Waals surface area contributed by atoms with E-state index >= 15 is 0 Å². The molecule has 0 aromatic heterocycles. The zero-order chi connectivity index (χ0) is 10.6. The highest BCUT2D eigenvalue weighted by Gasteiger charge is 2.27. The van der Waals surface area contributed by atoms with Crippen molar-refractivity contribution in [1.29, 1.82) is 0 Å². The van der Waals surface area contributed by atoms with Crippen LogP contribution in [-0.2, 0) is 9.59 Å². The SMILES string of the molecule is CCC(C(=O)C(C)C)C(=O)C(C)C. The molecule has 76 valence electrons. The first-order chi connectivity index (χ1) is 5.91. The summed E-state index contributed by atoms with van der Waals surface area (Å²) in [4.78, 5) is 23.2. The topological polar surface area (TPSA) is 34.1 Å². The maximum absolute atomic E-state index is 11.6. The zero-order valence-electron chi connectivity index (χ0n) is 9.26. The fourth-order valence-electron chi connectivity index (χ4n) is 1.35. The quantitative estimate of drug-likeness (QED) is 0.615. The van der Waals surface area contributed by atoms with E-state index in [9.17, 15) is 9.59 Å². The van der Waals surface area contributed by atoms with Crippen LogP contribution in [-0.4, -0.2) is 11.6 Å². The van der Waals surface area contributed by atoms with Gasteiger partial charge in [-0.2, -0.15) is 0 Å². The van der Waals surface area contributed by atoms with Crippen molar-refractivity contribution < 1.29 is 9.59 Å². The van der Waals surface area contributed by atoms with E-state index in [2.05, 4.69) is 0 Å². The lowest BCUT2D eigenvalue weighted by Crippen LogP contribution is -2.30. The molecule has 0 atom stereocenters. The van der Waals surface area contributed by atoms with Gasteiger partial charge in [-0.05, 0) is 6.42 Å². The number of carbonyl (C=O) groups is 2. The average Bonchev–Trinajstić information content (AvgIpc) is 2.04. The van der Waals surface area contributed by atoms with Crippen LogP contribution in [0.3, 0.4) is 0 Å². The molecule has 0 spiro atoms. The summed E-state index contributed by atoms with van der Waals surface area (Å²) in [5.41, 5.74) is 0. The highest BCUT2D eigenvalue weighted by atomic mass is 16.2. The van der Waals surface area contributed by atoms with E-state index in [4.69, 9.17) is 0 Å². The van der Waals surface area contributed by atoms with Gasteiger partial charge in [-0.1, -0.05) is 34.6 Å². The molecule has 0 amide bonds. The Kier molecular flexibility index (Phi) is 4.89. The monoisotopic (exact) mass is 184 g/mol. The number of hydrogen-bond donors (Lipinski definition) is 0. The highest BCUT2D eigenvalue weighted by molar-refractivity contribution is 6.03. The van der Waals surface area contributed by atoms with Crippen molar-refractivity contribution in [2.75, 3.05) is 0 Å². The molecular weight excluding hydrogens is 164 g/mol. The normalized spacial score (nSPS) is 11.4. The molecule has 0 aliphatic carbocycles. The number of carbonyl (C=O) groups excluding carboxylic acids is 2. The van der Waals surface area contributed by atoms with Gasteiger partial charge in [0.25, 0.3) is 0 Å². The Bertz CT molecular complexity index is 172. The van der Waals surface area contributed by atoms with E-state index in [1.807, 2.05) is 34.6 Å². The summed E-state index contributed by atoms with van der Waals surface area (Å²) in [7, 11) is 0. The molecule has 0 aromatic carbocycles. The molecule has 0 aliphatic heterocycles. The number of rotatable bonds is 5. The number of Topliss-reactive ketones (excluding diaryl/α,β-unsaturated/α-hetero) is 2. The molecule has 0 rings (SSSR count). The van der Waals surface area contributed by atoms with E-state index in [1.54, 1.807) is 0 Å². The van der Waals surface area contributed by atoms with Crippen LogP contribution in [0.4, 0.5) is 0 Å². The van der Waals surface area contributed by atoms with E-state index in [-0.39, 0.29) is 29.3 Å². The third-order valence-corrected chi connectivity index (χ3v) is 2.23. The van der Waals surface area contributed by atoms with Crippen molar-refractivity contribution in [2.24, 2.45) is 17.8 Å². The third kappa shape index (κ3) is 3.29. The average molecular weight is 184 g/mol. The molecule has 0 bridgehead atoms. The summed E-state index contributed by atoms with van der Waals surface area (Å²) in [6, 6.07) is 0. The highest BCUT2D eigenvalue weighted by Crippen LogP contribution is 2.16. The number of hydrogen-bond acceptors (Lipinski definition) is 2. The van der Waals surface area contributed by atoms with Crippen molar-refractivity contribution in [3.8, 4) is 0 Å². The van der Waals surface area contributed by atoms with Gasteiger partial charge in [0, 0.05) is 11.8 Å². The van der Waals surface area contributed by atoms with Crippen LogP contribution < -0.4 is 0 Å². The van der Waals surface area contributed by atoms with Crippen LogP contribution in [0.1, 0.15) is 41.0 Å². The Morgan fingerprint density at radius 3 is 1.38 bits per heavy atom. The van der Waals surface area contributed by atoms with Gasteiger partial charge in [0.15, 0.2) is 0 Å². The Morgan fingerprint density at radius 2 is 1.23 bits per heavy atom. The predicted octanol–water partition coefficient (Wildman–Crippen LogP) is 2.46. The van der Waals surface area contributed by atoms with E-state index in [1.165, 1.54) is 0 Å². The first-order valence-corrected chi connectivity index (χ1v) is 4.99. The van der Waals surface area contributed by atoms with Crippen LogP contribution in [0.15, 0.2) is 0 Å². The van der Waals surface area contributed by atoms with Crippen molar-refractivity contribution in [3.63, 3.8) is 0 Å². The summed E-state index contributed by atoms with van der Waals surface area (Å²) in [6.45, 7) is 9.28. The minimum atomic E-state index is -0.375. The van der Waals surface area contributed by atoms with Crippen LogP contribution in [0.2, 0.25) is 0 Å². The minimum Gasteiger partial charge on any atom is -0.299 e. The second kappa shape index (κ2) is 5.15. The maximum Gasteiger partial charge on any atom is 0.145 e. The standard InChI is InChI=1S/C11H20O2/c1-6-9(10(12)7(2)3)11(13)8(4)5/h7-9H,6H2,1-5H3. The molecular formula is C11H20O2. The molecule has 0 radical (unpaired) electrons. The molecule has 0 saturated heterocycles. The number of ketones is 2. The van der Waals surface area contributed by atoms with Crippen LogP contribution in [0.25, 0.3) is 0 Å².